The molecular weight excluding hydrogens is 268 g/mol. The van der Waals surface area contributed by atoms with E-state index in [9.17, 15) is 4.79 Å². The zero-order valence-electron chi connectivity index (χ0n) is 14.2. The SMILES string of the molecule is CC[C@@H](NC(=O)NCC(C)(C)N(C)C)c1c(C)noc1C. The molecule has 2 N–H and O–H groups in total. The van der Waals surface area contributed by atoms with Gasteiger partial charge in [-0.25, -0.2) is 4.79 Å². The predicted molar refractivity (Wildman–Crippen MR) is 83.3 cm³/mol. The molecular formula is C15H28N4O2. The molecule has 0 aromatic carbocycles. The van der Waals surface area contributed by atoms with Crippen molar-refractivity contribution in [1.82, 2.24) is 20.7 Å². The van der Waals surface area contributed by atoms with Crippen LogP contribution in [0.5, 0.6) is 0 Å². The Hall–Kier alpha value is -1.56. The lowest BCUT2D eigenvalue weighted by Crippen LogP contribution is -2.50. The zero-order valence-corrected chi connectivity index (χ0v) is 14.2. The van der Waals surface area contributed by atoms with Crippen LogP contribution in [0.15, 0.2) is 4.52 Å². The van der Waals surface area contributed by atoms with Crippen molar-refractivity contribution in [3.63, 3.8) is 0 Å². The van der Waals surface area contributed by atoms with Gasteiger partial charge in [-0.1, -0.05) is 12.1 Å². The molecule has 0 fully saturated rings. The predicted octanol–water partition coefficient (Wildman–Crippen LogP) is 2.38. The highest BCUT2D eigenvalue weighted by Crippen LogP contribution is 2.23. The summed E-state index contributed by atoms with van der Waals surface area (Å²) in [6, 6.07) is -0.254. The van der Waals surface area contributed by atoms with Crippen LogP contribution in [0.3, 0.4) is 0 Å². The topological polar surface area (TPSA) is 70.4 Å². The number of hydrogen-bond donors (Lipinski definition) is 2. The maximum absolute atomic E-state index is 12.1. The van der Waals surface area contributed by atoms with Crippen molar-refractivity contribution in [2.45, 2.75) is 52.6 Å². The van der Waals surface area contributed by atoms with Crippen LogP contribution in [0, 0.1) is 13.8 Å². The van der Waals surface area contributed by atoms with Crippen LogP contribution in [-0.2, 0) is 0 Å². The Morgan fingerprint density at radius 3 is 2.43 bits per heavy atom. The fourth-order valence-electron chi connectivity index (χ4n) is 2.03. The maximum atomic E-state index is 12.1. The number of rotatable bonds is 6. The average molecular weight is 296 g/mol. The average Bonchev–Trinajstić information content (AvgIpc) is 2.73. The Morgan fingerprint density at radius 2 is 2.00 bits per heavy atom. The van der Waals surface area contributed by atoms with Gasteiger partial charge in [0.05, 0.1) is 11.7 Å². The summed E-state index contributed by atoms with van der Waals surface area (Å²) in [7, 11) is 4.00. The van der Waals surface area contributed by atoms with Crippen LogP contribution in [-0.4, -0.2) is 42.3 Å². The molecule has 1 atom stereocenters. The summed E-state index contributed by atoms with van der Waals surface area (Å²) < 4.78 is 5.18. The van der Waals surface area contributed by atoms with E-state index in [1.165, 1.54) is 0 Å². The van der Waals surface area contributed by atoms with Crippen LogP contribution in [0.4, 0.5) is 4.79 Å². The number of aromatic nitrogens is 1. The van der Waals surface area contributed by atoms with Crippen LogP contribution in [0.25, 0.3) is 0 Å². The van der Waals surface area contributed by atoms with Gasteiger partial charge in [-0.05, 0) is 48.2 Å². The molecule has 0 aliphatic heterocycles. The monoisotopic (exact) mass is 296 g/mol. The van der Waals surface area contributed by atoms with E-state index in [0.29, 0.717) is 6.54 Å². The van der Waals surface area contributed by atoms with Gasteiger partial charge < -0.3 is 20.1 Å². The van der Waals surface area contributed by atoms with Crippen LogP contribution in [0.1, 0.15) is 50.3 Å². The van der Waals surface area contributed by atoms with E-state index >= 15 is 0 Å². The number of nitrogens with zero attached hydrogens (tertiary/aromatic N) is 2. The van der Waals surface area contributed by atoms with Crippen LogP contribution in [0.2, 0.25) is 0 Å². The van der Waals surface area contributed by atoms with Gasteiger partial charge in [0, 0.05) is 17.6 Å². The number of hydrogen-bond acceptors (Lipinski definition) is 4. The standard InChI is InChI=1S/C15H28N4O2/c1-8-12(13-10(2)18-21-11(13)3)17-14(20)16-9-15(4,5)19(6)7/h12H,8-9H2,1-7H3,(H2,16,17,20)/t12-/m1/s1. The van der Waals surface area contributed by atoms with Gasteiger partial charge in [0.2, 0.25) is 0 Å². The molecule has 1 aromatic rings. The number of carbonyl (C=O) groups excluding carboxylic acids is 1. The molecule has 0 bridgehead atoms. The summed E-state index contributed by atoms with van der Waals surface area (Å²) >= 11 is 0. The Kier molecular flexibility index (Phi) is 5.78. The molecule has 1 aromatic heterocycles. The van der Waals surface area contributed by atoms with E-state index in [1.807, 2.05) is 34.9 Å². The molecule has 21 heavy (non-hydrogen) atoms. The first-order chi connectivity index (χ1) is 9.69. The Labute approximate surface area is 127 Å². The van der Waals surface area contributed by atoms with Gasteiger partial charge in [-0.3, -0.25) is 0 Å². The molecule has 6 nitrogen and oxygen atoms in total. The number of urea groups is 1. The lowest BCUT2D eigenvalue weighted by molar-refractivity contribution is 0.185. The number of carbonyl (C=O) groups is 1. The Balaban J connectivity index is 2.65. The molecule has 0 saturated heterocycles. The first kappa shape index (κ1) is 17.5. The molecule has 0 unspecified atom stereocenters. The fraction of sp³-hybridized carbons (Fsp3) is 0.733. The minimum atomic E-state index is -0.170. The van der Waals surface area contributed by atoms with Gasteiger partial charge in [-0.2, -0.15) is 0 Å². The van der Waals surface area contributed by atoms with Crippen molar-refractivity contribution in [1.29, 1.82) is 0 Å². The minimum Gasteiger partial charge on any atom is -0.361 e. The van der Waals surface area contributed by atoms with Gasteiger partial charge in [-0.15, -0.1) is 0 Å². The number of likely N-dealkylation sites (N-methyl/N-ethyl adjacent to an activating group) is 1. The Bertz CT molecular complexity index is 461. The number of aryl methyl sites for hydroxylation is 2. The lowest BCUT2D eigenvalue weighted by atomic mass is 10.0. The second-order valence-electron chi connectivity index (χ2n) is 6.23. The van der Waals surface area contributed by atoms with E-state index in [4.69, 9.17) is 4.52 Å². The maximum Gasteiger partial charge on any atom is 0.315 e. The van der Waals surface area contributed by atoms with E-state index in [2.05, 4.69) is 34.5 Å². The van der Waals surface area contributed by atoms with Crippen molar-refractivity contribution < 1.29 is 9.32 Å². The largest absolute Gasteiger partial charge is 0.361 e. The highest BCUT2D eigenvalue weighted by molar-refractivity contribution is 5.74. The molecule has 6 heteroatoms. The van der Waals surface area contributed by atoms with Crippen molar-refractivity contribution in [2.24, 2.45) is 0 Å². The van der Waals surface area contributed by atoms with E-state index in [0.717, 1.165) is 23.4 Å². The highest BCUT2D eigenvalue weighted by atomic mass is 16.5. The smallest absolute Gasteiger partial charge is 0.315 e. The van der Waals surface area contributed by atoms with Crippen molar-refractivity contribution in [3.05, 3.63) is 17.0 Å². The normalized spacial score (nSPS) is 13.3. The molecule has 1 heterocycles. The van der Waals surface area contributed by atoms with Crippen molar-refractivity contribution in [3.8, 4) is 0 Å². The third-order valence-electron chi connectivity index (χ3n) is 4.04. The van der Waals surface area contributed by atoms with Crippen LogP contribution < -0.4 is 10.6 Å². The van der Waals surface area contributed by atoms with Gasteiger partial charge >= 0.3 is 6.03 Å². The first-order valence-corrected chi connectivity index (χ1v) is 7.33. The highest BCUT2D eigenvalue weighted by Gasteiger charge is 2.23. The van der Waals surface area contributed by atoms with E-state index in [1.54, 1.807) is 0 Å². The summed E-state index contributed by atoms with van der Waals surface area (Å²) in [6.45, 7) is 10.5. The van der Waals surface area contributed by atoms with Crippen LogP contribution >= 0.6 is 0 Å². The second-order valence-corrected chi connectivity index (χ2v) is 6.23. The quantitative estimate of drug-likeness (QED) is 0.845. The summed E-state index contributed by atoms with van der Waals surface area (Å²) in [6.07, 6.45) is 0.785. The molecule has 0 spiro atoms. The molecule has 0 radical (unpaired) electrons. The molecule has 2 amide bonds. The molecule has 0 aliphatic carbocycles. The lowest BCUT2D eigenvalue weighted by Gasteiger charge is -2.32. The van der Waals surface area contributed by atoms with Crippen molar-refractivity contribution in [2.75, 3.05) is 20.6 Å². The summed E-state index contributed by atoms with van der Waals surface area (Å²) in [5.41, 5.74) is 1.70. The number of nitrogens with one attached hydrogen (secondary N) is 2. The van der Waals surface area contributed by atoms with Crippen molar-refractivity contribution >= 4 is 6.03 Å². The molecule has 0 saturated carbocycles. The summed E-state index contributed by atoms with van der Waals surface area (Å²) in [5.74, 6) is 0.758. The Morgan fingerprint density at radius 1 is 1.38 bits per heavy atom. The zero-order chi connectivity index (χ0) is 16.2. The molecule has 120 valence electrons. The first-order valence-electron chi connectivity index (χ1n) is 7.33. The van der Waals surface area contributed by atoms with Gasteiger partial charge in [0.25, 0.3) is 0 Å². The van der Waals surface area contributed by atoms with Gasteiger partial charge in [0.1, 0.15) is 5.76 Å². The number of amides is 2. The van der Waals surface area contributed by atoms with Gasteiger partial charge in [0.15, 0.2) is 0 Å². The van der Waals surface area contributed by atoms with E-state index in [-0.39, 0.29) is 17.6 Å². The summed E-state index contributed by atoms with van der Waals surface area (Å²) in [4.78, 5) is 14.2. The molecule has 1 rings (SSSR count). The minimum absolute atomic E-state index is 0.0845. The van der Waals surface area contributed by atoms with E-state index < -0.39 is 0 Å². The third-order valence-corrected chi connectivity index (χ3v) is 4.04. The third kappa shape index (κ3) is 4.46. The second kappa shape index (κ2) is 6.93. The summed E-state index contributed by atoms with van der Waals surface area (Å²) in [5, 5.41) is 9.87. The molecule has 0 aliphatic rings. The fourth-order valence-corrected chi connectivity index (χ4v) is 2.03.